The number of nitrogens with two attached hydrogens (primary N) is 1. The summed E-state index contributed by atoms with van der Waals surface area (Å²) in [6.45, 7) is 1.95. The van der Waals surface area contributed by atoms with Crippen molar-refractivity contribution in [3.63, 3.8) is 0 Å². The zero-order valence-corrected chi connectivity index (χ0v) is 15.9. The Morgan fingerprint density at radius 1 is 0.828 bits per heavy atom. The monoisotopic (exact) mass is 381 g/mol. The first kappa shape index (κ1) is 18.4. The molecule has 1 amide bonds. The summed E-state index contributed by atoms with van der Waals surface area (Å²) in [5.41, 5.74) is 11.6. The molecule has 0 spiro atoms. The molecule has 142 valence electrons. The molecule has 29 heavy (non-hydrogen) atoms. The Kier molecular flexibility index (Phi) is 5.07. The van der Waals surface area contributed by atoms with Crippen molar-refractivity contribution in [3.8, 4) is 22.5 Å². The third-order valence-corrected chi connectivity index (χ3v) is 4.68. The van der Waals surface area contributed by atoms with Crippen LogP contribution in [0, 0.1) is 6.92 Å². The van der Waals surface area contributed by atoms with Gasteiger partial charge >= 0.3 is 0 Å². The lowest BCUT2D eigenvalue weighted by Gasteiger charge is -2.16. The van der Waals surface area contributed by atoms with E-state index >= 15 is 0 Å². The molecule has 1 atom stereocenters. The molecule has 0 radical (unpaired) electrons. The van der Waals surface area contributed by atoms with E-state index in [1.165, 1.54) is 0 Å². The molecule has 6 nitrogen and oxygen atoms in total. The molecule has 4 rings (SSSR count). The highest BCUT2D eigenvalue weighted by molar-refractivity contribution is 5.86. The van der Waals surface area contributed by atoms with Crippen LogP contribution in [-0.2, 0) is 4.79 Å². The normalized spacial score (nSPS) is 11.8. The SMILES string of the molecule is Cc1cc(-c2cccc(C(C(N)=O)c3ccc(-c4cnccn4)nc3)c2)ccn1. The van der Waals surface area contributed by atoms with Crippen LogP contribution in [0.2, 0.25) is 0 Å². The average Bonchev–Trinajstić information content (AvgIpc) is 2.75. The number of carbonyl (C=O) groups excluding carboxylic acids is 1. The van der Waals surface area contributed by atoms with E-state index < -0.39 is 11.8 Å². The summed E-state index contributed by atoms with van der Waals surface area (Å²) in [5, 5.41) is 0. The largest absolute Gasteiger partial charge is 0.369 e. The molecule has 2 N–H and O–H groups in total. The van der Waals surface area contributed by atoms with Crippen LogP contribution < -0.4 is 5.73 Å². The van der Waals surface area contributed by atoms with Gasteiger partial charge < -0.3 is 5.73 Å². The molecule has 0 bridgehead atoms. The van der Waals surface area contributed by atoms with Gasteiger partial charge in [0.2, 0.25) is 5.91 Å². The van der Waals surface area contributed by atoms with E-state index in [4.69, 9.17) is 5.73 Å². The van der Waals surface area contributed by atoms with Crippen LogP contribution in [0.4, 0.5) is 0 Å². The van der Waals surface area contributed by atoms with E-state index in [0.29, 0.717) is 11.4 Å². The molecule has 6 heteroatoms. The van der Waals surface area contributed by atoms with Crippen LogP contribution >= 0.6 is 0 Å². The Hall–Kier alpha value is -3.93. The minimum atomic E-state index is -0.596. The van der Waals surface area contributed by atoms with Crippen molar-refractivity contribution >= 4 is 5.91 Å². The van der Waals surface area contributed by atoms with Crippen molar-refractivity contribution in [3.05, 3.63) is 96.3 Å². The second kappa shape index (κ2) is 7.98. The summed E-state index contributed by atoms with van der Waals surface area (Å²) in [6.07, 6.45) is 8.32. The lowest BCUT2D eigenvalue weighted by Crippen LogP contribution is -2.22. The summed E-state index contributed by atoms with van der Waals surface area (Å²) in [4.78, 5) is 29.3. The van der Waals surface area contributed by atoms with Gasteiger partial charge in [0.15, 0.2) is 0 Å². The van der Waals surface area contributed by atoms with Crippen molar-refractivity contribution < 1.29 is 4.79 Å². The van der Waals surface area contributed by atoms with Crippen LogP contribution in [0.3, 0.4) is 0 Å². The molecule has 1 aromatic carbocycles. The minimum absolute atomic E-state index is 0.429. The first-order chi connectivity index (χ1) is 14.1. The molecule has 0 saturated heterocycles. The van der Waals surface area contributed by atoms with E-state index in [1.54, 1.807) is 31.0 Å². The van der Waals surface area contributed by atoms with Crippen molar-refractivity contribution in [2.24, 2.45) is 5.73 Å². The number of carbonyl (C=O) groups is 1. The number of hydrogen-bond donors (Lipinski definition) is 1. The highest BCUT2D eigenvalue weighted by Gasteiger charge is 2.21. The number of aromatic nitrogens is 4. The Morgan fingerprint density at radius 2 is 1.69 bits per heavy atom. The summed E-state index contributed by atoms with van der Waals surface area (Å²) in [5.74, 6) is -1.02. The Balaban J connectivity index is 1.70. The van der Waals surface area contributed by atoms with E-state index in [0.717, 1.165) is 27.9 Å². The molecule has 0 aliphatic heterocycles. The van der Waals surface area contributed by atoms with E-state index in [1.807, 2.05) is 55.5 Å². The Labute approximate surface area is 168 Å². The molecule has 0 aliphatic rings. The molecule has 3 heterocycles. The van der Waals surface area contributed by atoms with E-state index in [-0.39, 0.29) is 0 Å². The van der Waals surface area contributed by atoms with Gasteiger partial charge in [0.25, 0.3) is 0 Å². The predicted octanol–water partition coefficient (Wildman–Crippen LogP) is 3.53. The molecule has 3 aromatic heterocycles. The van der Waals surface area contributed by atoms with Gasteiger partial charge in [0.1, 0.15) is 5.69 Å². The number of amides is 1. The number of benzene rings is 1. The first-order valence-electron chi connectivity index (χ1n) is 9.16. The van der Waals surface area contributed by atoms with Crippen LogP contribution in [0.25, 0.3) is 22.5 Å². The van der Waals surface area contributed by atoms with Crippen LogP contribution in [0.1, 0.15) is 22.7 Å². The molecular weight excluding hydrogens is 362 g/mol. The second-order valence-electron chi connectivity index (χ2n) is 6.71. The zero-order valence-electron chi connectivity index (χ0n) is 15.9. The number of pyridine rings is 2. The van der Waals surface area contributed by atoms with Gasteiger partial charge in [-0.1, -0.05) is 30.3 Å². The van der Waals surface area contributed by atoms with Gasteiger partial charge in [-0.25, -0.2) is 0 Å². The summed E-state index contributed by atoms with van der Waals surface area (Å²) >= 11 is 0. The number of aryl methyl sites for hydroxylation is 1. The standard InChI is InChI=1S/C23H19N5O/c1-15-11-17(7-8-26-15)16-3-2-4-18(12-16)22(23(24)29)19-5-6-20(28-13-19)21-14-25-9-10-27-21/h2-14,22H,1H3,(H2,24,29). The lowest BCUT2D eigenvalue weighted by atomic mass is 9.89. The van der Waals surface area contributed by atoms with Crippen molar-refractivity contribution in [1.29, 1.82) is 0 Å². The van der Waals surface area contributed by atoms with Gasteiger partial charge in [0.05, 0.1) is 17.8 Å². The minimum Gasteiger partial charge on any atom is -0.369 e. The molecule has 1 unspecified atom stereocenters. The van der Waals surface area contributed by atoms with E-state index in [2.05, 4.69) is 19.9 Å². The summed E-state index contributed by atoms with van der Waals surface area (Å²) < 4.78 is 0. The fraction of sp³-hybridized carbons (Fsp3) is 0.0870. The number of rotatable bonds is 5. The van der Waals surface area contributed by atoms with Crippen molar-refractivity contribution in [2.75, 3.05) is 0 Å². The fourth-order valence-corrected chi connectivity index (χ4v) is 3.30. The molecule has 0 aliphatic carbocycles. The number of hydrogen-bond acceptors (Lipinski definition) is 5. The van der Waals surface area contributed by atoms with Crippen LogP contribution in [0.5, 0.6) is 0 Å². The number of primary amides is 1. The lowest BCUT2D eigenvalue weighted by molar-refractivity contribution is -0.118. The summed E-state index contributed by atoms with van der Waals surface area (Å²) in [7, 11) is 0. The predicted molar refractivity (Wildman–Crippen MR) is 111 cm³/mol. The Morgan fingerprint density at radius 3 is 2.38 bits per heavy atom. The smallest absolute Gasteiger partial charge is 0.229 e. The number of nitrogens with zero attached hydrogens (tertiary/aromatic N) is 4. The van der Waals surface area contributed by atoms with Gasteiger partial charge in [-0.15, -0.1) is 0 Å². The average molecular weight is 381 g/mol. The van der Waals surface area contributed by atoms with Gasteiger partial charge in [-0.3, -0.25) is 24.7 Å². The molecule has 0 fully saturated rings. The highest BCUT2D eigenvalue weighted by Crippen LogP contribution is 2.29. The third kappa shape index (κ3) is 4.01. The molecular formula is C23H19N5O. The third-order valence-electron chi connectivity index (χ3n) is 4.68. The maximum absolute atomic E-state index is 12.3. The van der Waals surface area contributed by atoms with Gasteiger partial charge in [-0.2, -0.15) is 0 Å². The summed E-state index contributed by atoms with van der Waals surface area (Å²) in [6, 6.07) is 15.5. The van der Waals surface area contributed by atoms with Gasteiger partial charge in [0, 0.05) is 30.5 Å². The van der Waals surface area contributed by atoms with Crippen LogP contribution in [0.15, 0.2) is 79.5 Å². The molecule has 4 aromatic rings. The van der Waals surface area contributed by atoms with Crippen LogP contribution in [-0.4, -0.2) is 25.8 Å². The molecule has 0 saturated carbocycles. The van der Waals surface area contributed by atoms with Crippen molar-refractivity contribution in [2.45, 2.75) is 12.8 Å². The highest BCUT2D eigenvalue weighted by atomic mass is 16.1. The fourth-order valence-electron chi connectivity index (χ4n) is 3.30. The van der Waals surface area contributed by atoms with Gasteiger partial charge in [-0.05, 0) is 47.4 Å². The van der Waals surface area contributed by atoms with Crippen molar-refractivity contribution in [1.82, 2.24) is 19.9 Å². The maximum atomic E-state index is 12.3. The zero-order chi connectivity index (χ0) is 20.2. The second-order valence-corrected chi connectivity index (χ2v) is 6.71. The van der Waals surface area contributed by atoms with E-state index in [9.17, 15) is 4.79 Å². The topological polar surface area (TPSA) is 94.7 Å². The maximum Gasteiger partial charge on any atom is 0.229 e. The Bertz CT molecular complexity index is 1140. The quantitative estimate of drug-likeness (QED) is 0.571. The first-order valence-corrected chi connectivity index (χ1v) is 9.16.